The summed E-state index contributed by atoms with van der Waals surface area (Å²) in [7, 11) is 0. The molecule has 0 aliphatic carbocycles. The number of carbonyl (C=O) groups is 4. The van der Waals surface area contributed by atoms with Crippen LogP contribution in [0.25, 0.3) is 0 Å². The lowest BCUT2D eigenvalue weighted by Gasteiger charge is -2.31. The van der Waals surface area contributed by atoms with E-state index in [2.05, 4.69) is 10.2 Å². The van der Waals surface area contributed by atoms with E-state index in [1.807, 2.05) is 0 Å². The van der Waals surface area contributed by atoms with Crippen LogP contribution in [0.3, 0.4) is 0 Å². The molecule has 0 bridgehead atoms. The topological polar surface area (TPSA) is 133 Å². The number of hydrogen-bond acceptors (Lipinski definition) is 6. The molecule has 1 aromatic rings. The molecule has 2 rings (SSSR count). The molecule has 1 aromatic carbocycles. The number of ether oxygens (including phenoxy) is 1. The minimum Gasteiger partial charge on any atom is -0.473 e. The molecule has 1 amide bonds. The van der Waals surface area contributed by atoms with Gasteiger partial charge in [0.25, 0.3) is 0 Å². The van der Waals surface area contributed by atoms with Crippen molar-refractivity contribution >= 4 is 29.5 Å². The van der Waals surface area contributed by atoms with Gasteiger partial charge in [-0.1, -0.05) is 6.07 Å². The number of anilines is 1. The van der Waals surface area contributed by atoms with Gasteiger partial charge in [-0.15, -0.1) is 0 Å². The number of hydrogen-bond donors (Lipinski definition) is 3. The van der Waals surface area contributed by atoms with Gasteiger partial charge in [-0.3, -0.25) is 9.59 Å². The van der Waals surface area contributed by atoms with E-state index >= 15 is 0 Å². The Balaban J connectivity index is 0.000000612. The Kier molecular flexibility index (Phi) is 10.3. The van der Waals surface area contributed by atoms with E-state index in [0.717, 1.165) is 19.4 Å². The minimum absolute atomic E-state index is 0.102. The molecule has 0 spiro atoms. The van der Waals surface area contributed by atoms with E-state index in [9.17, 15) is 14.0 Å². The Morgan fingerprint density at radius 1 is 1.24 bits per heavy atom. The van der Waals surface area contributed by atoms with E-state index in [4.69, 9.17) is 24.5 Å². The average molecular weight is 412 g/mol. The van der Waals surface area contributed by atoms with Gasteiger partial charge in [0.2, 0.25) is 5.91 Å². The lowest BCUT2D eigenvalue weighted by molar-refractivity contribution is -0.159. The van der Waals surface area contributed by atoms with Crippen LogP contribution >= 0.6 is 0 Å². The van der Waals surface area contributed by atoms with Gasteiger partial charge >= 0.3 is 17.9 Å². The Bertz CT molecular complexity index is 714. The Morgan fingerprint density at radius 3 is 2.52 bits per heavy atom. The zero-order chi connectivity index (χ0) is 21.8. The standard InChI is InChI=1S/C17H23FN2O3.C2H2O4/c1-2-23-17(22)13-5-4-9-20(12-13)10-8-16(21)19-15-7-3-6-14(18)11-15;3-1(4)2(5)6/h3,6-7,11,13H,2,4-5,8-10,12H2,1H3,(H,19,21);(H,3,4)(H,5,6). The molecule has 1 aliphatic rings. The van der Waals surface area contributed by atoms with Gasteiger partial charge in [0.15, 0.2) is 0 Å². The molecule has 3 N–H and O–H groups in total. The molecule has 1 aliphatic heterocycles. The number of carboxylic acids is 2. The third-order valence-electron chi connectivity index (χ3n) is 4.07. The number of nitrogens with one attached hydrogen (secondary N) is 1. The summed E-state index contributed by atoms with van der Waals surface area (Å²) >= 11 is 0. The van der Waals surface area contributed by atoms with E-state index in [1.165, 1.54) is 12.1 Å². The molecule has 160 valence electrons. The molecule has 10 heteroatoms. The lowest BCUT2D eigenvalue weighted by Crippen LogP contribution is -2.40. The van der Waals surface area contributed by atoms with Crippen LogP contribution in [-0.2, 0) is 23.9 Å². The Morgan fingerprint density at radius 2 is 1.93 bits per heavy atom. The predicted octanol–water partition coefficient (Wildman–Crippen LogP) is 1.58. The summed E-state index contributed by atoms with van der Waals surface area (Å²) < 4.78 is 18.1. The summed E-state index contributed by atoms with van der Waals surface area (Å²) in [5, 5.41) is 17.5. The van der Waals surface area contributed by atoms with Crippen molar-refractivity contribution in [1.82, 2.24) is 4.90 Å². The Labute approximate surface area is 167 Å². The second-order valence-corrected chi connectivity index (χ2v) is 6.31. The van der Waals surface area contributed by atoms with Crippen molar-refractivity contribution in [2.75, 3.05) is 31.6 Å². The van der Waals surface area contributed by atoms with Crippen LogP contribution in [0.4, 0.5) is 10.1 Å². The van der Waals surface area contributed by atoms with Crippen molar-refractivity contribution < 1.29 is 38.5 Å². The zero-order valence-electron chi connectivity index (χ0n) is 16.1. The lowest BCUT2D eigenvalue weighted by atomic mass is 9.98. The number of benzene rings is 1. The highest BCUT2D eigenvalue weighted by Gasteiger charge is 2.26. The largest absolute Gasteiger partial charge is 0.473 e. The fourth-order valence-electron chi connectivity index (χ4n) is 2.76. The molecular weight excluding hydrogens is 387 g/mol. The van der Waals surface area contributed by atoms with E-state index in [1.54, 1.807) is 19.1 Å². The van der Waals surface area contributed by atoms with Crippen LogP contribution in [0.15, 0.2) is 24.3 Å². The predicted molar refractivity (Wildman–Crippen MR) is 101 cm³/mol. The number of esters is 1. The molecular formula is C19H25FN2O7. The van der Waals surface area contributed by atoms with Gasteiger partial charge in [-0.05, 0) is 44.5 Å². The van der Waals surface area contributed by atoms with E-state index in [0.29, 0.717) is 31.8 Å². The first kappa shape index (κ1) is 24.0. The van der Waals surface area contributed by atoms with Gasteiger partial charge < -0.3 is 25.2 Å². The van der Waals surface area contributed by atoms with Crippen LogP contribution in [0.5, 0.6) is 0 Å². The average Bonchev–Trinajstić information content (AvgIpc) is 2.67. The number of carboxylic acid groups (broad SMARTS) is 2. The van der Waals surface area contributed by atoms with Crippen molar-refractivity contribution in [1.29, 1.82) is 0 Å². The molecule has 1 unspecified atom stereocenters. The smallest absolute Gasteiger partial charge is 0.414 e. The van der Waals surface area contributed by atoms with Crippen LogP contribution < -0.4 is 5.32 Å². The van der Waals surface area contributed by atoms with Crippen LogP contribution in [0.1, 0.15) is 26.2 Å². The first-order chi connectivity index (χ1) is 13.7. The molecule has 1 atom stereocenters. The zero-order valence-corrected chi connectivity index (χ0v) is 16.1. The summed E-state index contributed by atoms with van der Waals surface area (Å²) in [4.78, 5) is 44.0. The molecule has 0 radical (unpaired) electrons. The maximum atomic E-state index is 13.1. The normalized spacial score (nSPS) is 16.1. The highest BCUT2D eigenvalue weighted by Crippen LogP contribution is 2.18. The summed E-state index contributed by atoms with van der Waals surface area (Å²) in [6, 6.07) is 5.83. The van der Waals surface area contributed by atoms with Gasteiger partial charge in [0.1, 0.15) is 5.82 Å². The quantitative estimate of drug-likeness (QED) is 0.474. The number of carbonyl (C=O) groups excluding carboxylic acids is 2. The summed E-state index contributed by atoms with van der Waals surface area (Å²) in [5.74, 6) is -4.44. The second-order valence-electron chi connectivity index (χ2n) is 6.31. The first-order valence-electron chi connectivity index (χ1n) is 9.13. The molecule has 1 heterocycles. The van der Waals surface area contributed by atoms with Gasteiger partial charge in [-0.2, -0.15) is 0 Å². The molecule has 9 nitrogen and oxygen atoms in total. The van der Waals surface area contributed by atoms with Crippen molar-refractivity contribution in [2.45, 2.75) is 26.2 Å². The highest BCUT2D eigenvalue weighted by molar-refractivity contribution is 6.27. The van der Waals surface area contributed by atoms with Gasteiger partial charge in [0.05, 0.1) is 12.5 Å². The van der Waals surface area contributed by atoms with Crippen molar-refractivity contribution in [2.24, 2.45) is 5.92 Å². The SMILES string of the molecule is CCOC(=O)C1CCCN(CCC(=O)Nc2cccc(F)c2)C1.O=C(O)C(=O)O. The van der Waals surface area contributed by atoms with E-state index in [-0.39, 0.29) is 23.6 Å². The third-order valence-corrected chi connectivity index (χ3v) is 4.07. The number of likely N-dealkylation sites (tertiary alicyclic amines) is 1. The molecule has 0 saturated carbocycles. The van der Waals surface area contributed by atoms with Crippen molar-refractivity contribution in [3.63, 3.8) is 0 Å². The molecule has 1 saturated heterocycles. The molecule has 0 aromatic heterocycles. The highest BCUT2D eigenvalue weighted by atomic mass is 19.1. The monoisotopic (exact) mass is 412 g/mol. The number of rotatable bonds is 6. The first-order valence-corrected chi connectivity index (χ1v) is 9.13. The van der Waals surface area contributed by atoms with E-state index < -0.39 is 11.9 Å². The second kappa shape index (κ2) is 12.4. The molecule has 29 heavy (non-hydrogen) atoms. The van der Waals surface area contributed by atoms with Crippen LogP contribution in [0, 0.1) is 11.7 Å². The number of aliphatic carboxylic acids is 2. The van der Waals surface area contributed by atoms with Crippen LogP contribution in [0.2, 0.25) is 0 Å². The maximum Gasteiger partial charge on any atom is 0.414 e. The maximum absolute atomic E-state index is 13.1. The summed E-state index contributed by atoms with van der Waals surface area (Å²) in [6.07, 6.45) is 2.08. The van der Waals surface area contributed by atoms with Crippen molar-refractivity contribution in [3.05, 3.63) is 30.1 Å². The van der Waals surface area contributed by atoms with Gasteiger partial charge in [-0.25, -0.2) is 14.0 Å². The number of nitrogens with zero attached hydrogens (tertiary/aromatic N) is 1. The summed E-state index contributed by atoms with van der Waals surface area (Å²) in [5.41, 5.74) is 0.457. The summed E-state index contributed by atoms with van der Waals surface area (Å²) in [6.45, 7) is 4.28. The number of piperidine rings is 1. The van der Waals surface area contributed by atoms with Crippen LogP contribution in [-0.4, -0.2) is 65.2 Å². The van der Waals surface area contributed by atoms with Crippen molar-refractivity contribution in [3.8, 4) is 0 Å². The number of halogens is 1. The fourth-order valence-corrected chi connectivity index (χ4v) is 2.76. The Hall–Kier alpha value is -3.01. The fraction of sp³-hybridized carbons (Fsp3) is 0.474. The van der Waals surface area contributed by atoms with Gasteiger partial charge in [0, 0.05) is 25.2 Å². The molecule has 1 fully saturated rings. The minimum atomic E-state index is -1.82. The number of amides is 1. The third kappa shape index (κ3) is 9.65.